The topological polar surface area (TPSA) is 6.48 Å². The van der Waals surface area contributed by atoms with E-state index in [0.29, 0.717) is 0 Å². The zero-order chi connectivity index (χ0) is 12.7. The van der Waals surface area contributed by atoms with Gasteiger partial charge in [0, 0.05) is 32.4 Å². The monoisotopic (exact) mass is 234 g/mol. The van der Waals surface area contributed by atoms with Gasteiger partial charge in [0.1, 0.15) is 0 Å². The third-order valence-corrected chi connectivity index (χ3v) is 3.02. The molecule has 0 saturated carbocycles. The van der Waals surface area contributed by atoms with Gasteiger partial charge in [0.25, 0.3) is 0 Å². The van der Waals surface area contributed by atoms with E-state index in [0.717, 1.165) is 25.6 Å². The van der Waals surface area contributed by atoms with Crippen LogP contribution >= 0.6 is 0 Å². The average molecular weight is 234 g/mol. The number of hydrogen-bond acceptors (Lipinski definition) is 2. The lowest BCUT2D eigenvalue weighted by Gasteiger charge is -2.26. The van der Waals surface area contributed by atoms with E-state index in [1.807, 2.05) is 0 Å². The Bertz CT molecular complexity index is 295. The van der Waals surface area contributed by atoms with Gasteiger partial charge in [-0.1, -0.05) is 39.0 Å². The SMILES string of the molecule is CCN(CCN(C)c1ccccc1)CC(C)C. The molecular formula is C15H26N2. The first-order valence-electron chi connectivity index (χ1n) is 6.62. The van der Waals surface area contributed by atoms with E-state index < -0.39 is 0 Å². The van der Waals surface area contributed by atoms with E-state index in [1.54, 1.807) is 0 Å². The van der Waals surface area contributed by atoms with Crippen LogP contribution in [0.2, 0.25) is 0 Å². The predicted molar refractivity (Wildman–Crippen MR) is 76.7 cm³/mol. The van der Waals surface area contributed by atoms with Crippen molar-refractivity contribution in [1.82, 2.24) is 4.90 Å². The molecule has 0 spiro atoms. The van der Waals surface area contributed by atoms with Crippen LogP contribution in [0.25, 0.3) is 0 Å². The number of nitrogens with zero attached hydrogens (tertiary/aromatic N) is 2. The van der Waals surface area contributed by atoms with Crippen LogP contribution in [0.4, 0.5) is 5.69 Å². The Morgan fingerprint density at radius 2 is 1.71 bits per heavy atom. The normalized spacial score (nSPS) is 11.2. The summed E-state index contributed by atoms with van der Waals surface area (Å²) in [4.78, 5) is 4.84. The Balaban J connectivity index is 2.39. The average Bonchev–Trinajstić information content (AvgIpc) is 2.34. The van der Waals surface area contributed by atoms with Crippen molar-refractivity contribution < 1.29 is 0 Å². The highest BCUT2D eigenvalue weighted by atomic mass is 15.2. The maximum Gasteiger partial charge on any atom is 0.0364 e. The van der Waals surface area contributed by atoms with Gasteiger partial charge in [0.15, 0.2) is 0 Å². The second-order valence-electron chi connectivity index (χ2n) is 5.04. The van der Waals surface area contributed by atoms with Gasteiger partial charge in [-0.15, -0.1) is 0 Å². The largest absolute Gasteiger partial charge is 0.373 e. The molecule has 0 radical (unpaired) electrons. The summed E-state index contributed by atoms with van der Waals surface area (Å²) in [6.07, 6.45) is 0. The molecule has 0 aliphatic carbocycles. The van der Waals surface area contributed by atoms with Gasteiger partial charge < -0.3 is 9.80 Å². The highest BCUT2D eigenvalue weighted by Gasteiger charge is 2.06. The van der Waals surface area contributed by atoms with Crippen molar-refractivity contribution in [2.24, 2.45) is 5.92 Å². The highest BCUT2D eigenvalue weighted by Crippen LogP contribution is 2.10. The lowest BCUT2D eigenvalue weighted by atomic mass is 10.2. The third-order valence-electron chi connectivity index (χ3n) is 3.02. The Morgan fingerprint density at radius 1 is 1.06 bits per heavy atom. The van der Waals surface area contributed by atoms with E-state index in [9.17, 15) is 0 Å². The fourth-order valence-electron chi connectivity index (χ4n) is 2.00. The first kappa shape index (κ1) is 14.0. The molecule has 2 heteroatoms. The minimum Gasteiger partial charge on any atom is -0.373 e. The molecule has 0 aromatic heterocycles. The second-order valence-corrected chi connectivity index (χ2v) is 5.04. The van der Waals surface area contributed by atoms with Crippen LogP contribution in [0.5, 0.6) is 0 Å². The van der Waals surface area contributed by atoms with E-state index in [2.05, 4.69) is 68.0 Å². The summed E-state index contributed by atoms with van der Waals surface area (Å²) >= 11 is 0. The zero-order valence-electron chi connectivity index (χ0n) is 11.7. The Hall–Kier alpha value is -1.02. The fourth-order valence-corrected chi connectivity index (χ4v) is 2.00. The summed E-state index contributed by atoms with van der Waals surface area (Å²) in [5.74, 6) is 0.747. The van der Waals surface area contributed by atoms with Crippen LogP contribution in [0.1, 0.15) is 20.8 Å². The lowest BCUT2D eigenvalue weighted by molar-refractivity contribution is 0.262. The van der Waals surface area contributed by atoms with Crippen molar-refractivity contribution in [1.29, 1.82) is 0 Å². The van der Waals surface area contributed by atoms with Crippen molar-refractivity contribution in [3.05, 3.63) is 30.3 Å². The molecule has 96 valence electrons. The van der Waals surface area contributed by atoms with Crippen LogP contribution in [0.3, 0.4) is 0 Å². The number of benzene rings is 1. The molecule has 0 saturated heterocycles. The van der Waals surface area contributed by atoms with Gasteiger partial charge in [-0.05, 0) is 24.6 Å². The maximum absolute atomic E-state index is 2.52. The molecule has 1 rings (SSSR count). The van der Waals surface area contributed by atoms with Gasteiger partial charge in [-0.25, -0.2) is 0 Å². The van der Waals surface area contributed by atoms with E-state index >= 15 is 0 Å². The summed E-state index contributed by atoms with van der Waals surface area (Å²) in [6, 6.07) is 10.6. The standard InChI is InChI=1S/C15H26N2/c1-5-17(13-14(2)3)12-11-16(4)15-9-7-6-8-10-15/h6-10,14H,5,11-13H2,1-4H3. The van der Waals surface area contributed by atoms with Crippen molar-refractivity contribution in [2.45, 2.75) is 20.8 Å². The van der Waals surface area contributed by atoms with Gasteiger partial charge in [-0.3, -0.25) is 0 Å². The van der Waals surface area contributed by atoms with Crippen LogP contribution in [-0.4, -0.2) is 38.1 Å². The molecule has 0 heterocycles. The molecule has 0 unspecified atom stereocenters. The molecule has 0 atom stereocenters. The number of rotatable bonds is 7. The molecule has 1 aromatic rings. The number of hydrogen-bond donors (Lipinski definition) is 0. The second kappa shape index (κ2) is 7.33. The van der Waals surface area contributed by atoms with Crippen LogP contribution in [0, 0.1) is 5.92 Å². The van der Waals surface area contributed by atoms with Crippen LogP contribution < -0.4 is 4.90 Å². The molecule has 0 bridgehead atoms. The molecule has 0 amide bonds. The number of anilines is 1. The van der Waals surface area contributed by atoms with E-state index in [-0.39, 0.29) is 0 Å². The molecule has 0 aliphatic rings. The Labute approximate surface area is 106 Å². The van der Waals surface area contributed by atoms with Gasteiger partial charge in [-0.2, -0.15) is 0 Å². The Kier molecular flexibility index (Phi) is 6.06. The highest BCUT2D eigenvalue weighted by molar-refractivity contribution is 5.44. The Morgan fingerprint density at radius 3 is 2.24 bits per heavy atom. The molecule has 0 N–H and O–H groups in total. The van der Waals surface area contributed by atoms with Crippen molar-refractivity contribution in [2.75, 3.05) is 38.1 Å². The summed E-state index contributed by atoms with van der Waals surface area (Å²) in [6.45, 7) is 11.4. The summed E-state index contributed by atoms with van der Waals surface area (Å²) in [5.41, 5.74) is 1.30. The lowest BCUT2D eigenvalue weighted by Crippen LogP contribution is -2.35. The smallest absolute Gasteiger partial charge is 0.0364 e. The molecule has 0 fully saturated rings. The predicted octanol–water partition coefficient (Wildman–Crippen LogP) is 3.10. The van der Waals surface area contributed by atoms with Crippen molar-refractivity contribution >= 4 is 5.69 Å². The van der Waals surface area contributed by atoms with E-state index in [1.165, 1.54) is 12.2 Å². The van der Waals surface area contributed by atoms with Crippen molar-refractivity contribution in [3.8, 4) is 0 Å². The number of likely N-dealkylation sites (N-methyl/N-ethyl adjacent to an activating group) is 2. The molecule has 1 aromatic carbocycles. The van der Waals surface area contributed by atoms with Crippen LogP contribution in [-0.2, 0) is 0 Å². The minimum absolute atomic E-state index is 0.747. The number of para-hydroxylation sites is 1. The van der Waals surface area contributed by atoms with Gasteiger partial charge in [0.2, 0.25) is 0 Å². The molecule has 17 heavy (non-hydrogen) atoms. The van der Waals surface area contributed by atoms with Gasteiger partial charge >= 0.3 is 0 Å². The van der Waals surface area contributed by atoms with Crippen LogP contribution in [0.15, 0.2) is 30.3 Å². The summed E-state index contributed by atoms with van der Waals surface area (Å²) in [7, 11) is 2.17. The molecule has 2 nitrogen and oxygen atoms in total. The first-order valence-corrected chi connectivity index (χ1v) is 6.62. The van der Waals surface area contributed by atoms with Gasteiger partial charge in [0.05, 0.1) is 0 Å². The summed E-state index contributed by atoms with van der Waals surface area (Å²) < 4.78 is 0. The third kappa shape index (κ3) is 5.22. The fraction of sp³-hybridized carbons (Fsp3) is 0.600. The quantitative estimate of drug-likeness (QED) is 0.715. The maximum atomic E-state index is 2.52. The zero-order valence-corrected chi connectivity index (χ0v) is 11.7. The van der Waals surface area contributed by atoms with E-state index in [4.69, 9.17) is 0 Å². The molecular weight excluding hydrogens is 208 g/mol. The van der Waals surface area contributed by atoms with Crippen molar-refractivity contribution in [3.63, 3.8) is 0 Å². The first-order chi connectivity index (χ1) is 8.13. The minimum atomic E-state index is 0.747. The molecule has 0 aliphatic heterocycles. The summed E-state index contributed by atoms with van der Waals surface area (Å²) in [5, 5.41) is 0.